The van der Waals surface area contributed by atoms with Gasteiger partial charge in [0.1, 0.15) is 16.7 Å². The van der Waals surface area contributed by atoms with Crippen LogP contribution in [0, 0.1) is 0 Å². The molecular formula is C21H16N2O5S. The van der Waals surface area contributed by atoms with Crippen molar-refractivity contribution in [1.29, 1.82) is 0 Å². The Kier molecular flexibility index (Phi) is 4.77. The van der Waals surface area contributed by atoms with Crippen LogP contribution in [0.15, 0.2) is 69.6 Å². The summed E-state index contributed by atoms with van der Waals surface area (Å²) >= 11 is 0.899. The molecule has 0 saturated heterocycles. The Bertz CT molecular complexity index is 1320. The van der Waals surface area contributed by atoms with E-state index in [1.165, 1.54) is 5.38 Å². The fourth-order valence-corrected chi connectivity index (χ4v) is 3.95. The smallest absolute Gasteiger partial charge is 0.346 e. The Morgan fingerprint density at radius 1 is 1.14 bits per heavy atom. The molecule has 4 aromatic rings. The topological polar surface area (TPSA) is 101 Å². The van der Waals surface area contributed by atoms with E-state index in [4.69, 9.17) is 4.74 Å². The minimum atomic E-state index is -1.21. The van der Waals surface area contributed by atoms with Gasteiger partial charge >= 0.3 is 11.7 Å². The molecule has 0 fully saturated rings. The zero-order chi connectivity index (χ0) is 20.5. The molecule has 0 amide bonds. The van der Waals surface area contributed by atoms with E-state index in [1.54, 1.807) is 24.3 Å². The van der Waals surface area contributed by atoms with Crippen LogP contribution >= 0.6 is 11.3 Å². The Morgan fingerprint density at radius 3 is 2.62 bits per heavy atom. The average Bonchev–Trinajstić information content (AvgIpc) is 3.13. The first-order chi connectivity index (χ1) is 14.0. The van der Waals surface area contributed by atoms with Crippen molar-refractivity contribution in [3.8, 4) is 11.4 Å². The van der Waals surface area contributed by atoms with Gasteiger partial charge in [-0.3, -0.25) is 4.79 Å². The van der Waals surface area contributed by atoms with E-state index in [2.05, 4.69) is 4.98 Å². The first-order valence-corrected chi connectivity index (χ1v) is 9.65. The third-order valence-corrected chi connectivity index (χ3v) is 5.47. The number of aromatic amines is 1. The largest absolute Gasteiger partial charge is 0.486 e. The van der Waals surface area contributed by atoms with Gasteiger partial charge in [-0.25, -0.2) is 14.2 Å². The highest BCUT2D eigenvalue weighted by atomic mass is 32.1. The second-order valence-electron chi connectivity index (χ2n) is 6.40. The predicted octanol–water partition coefficient (Wildman–Crippen LogP) is 3.58. The highest BCUT2D eigenvalue weighted by Crippen LogP contribution is 2.24. The van der Waals surface area contributed by atoms with Gasteiger partial charge in [-0.1, -0.05) is 36.4 Å². The normalized spacial score (nSPS) is 12.0. The van der Waals surface area contributed by atoms with Crippen molar-refractivity contribution in [2.45, 2.75) is 13.0 Å². The lowest BCUT2D eigenvalue weighted by Gasteiger charge is -2.16. The average molecular weight is 408 g/mol. The van der Waals surface area contributed by atoms with Crippen molar-refractivity contribution in [2.24, 2.45) is 0 Å². The Balaban J connectivity index is 1.78. The van der Waals surface area contributed by atoms with E-state index < -0.39 is 17.2 Å². The Hall–Kier alpha value is -3.65. The number of ether oxygens (including phenoxy) is 1. The van der Waals surface area contributed by atoms with Gasteiger partial charge in [-0.15, -0.1) is 11.3 Å². The lowest BCUT2D eigenvalue weighted by Crippen LogP contribution is -2.33. The van der Waals surface area contributed by atoms with E-state index in [0.29, 0.717) is 11.4 Å². The summed E-state index contributed by atoms with van der Waals surface area (Å²) in [6.07, 6.45) is -0.237. The maximum atomic E-state index is 12.9. The van der Waals surface area contributed by atoms with E-state index in [9.17, 15) is 19.5 Å². The number of nitrogens with one attached hydrogen (secondary N) is 1. The lowest BCUT2D eigenvalue weighted by atomic mass is 10.1. The van der Waals surface area contributed by atoms with Crippen LogP contribution in [0.2, 0.25) is 0 Å². The van der Waals surface area contributed by atoms with Gasteiger partial charge in [0.25, 0.3) is 5.56 Å². The third kappa shape index (κ3) is 3.45. The second-order valence-corrected chi connectivity index (χ2v) is 7.28. The van der Waals surface area contributed by atoms with Crippen molar-refractivity contribution in [2.75, 3.05) is 0 Å². The number of thiophene rings is 1. The minimum Gasteiger partial charge on any atom is -0.486 e. The van der Waals surface area contributed by atoms with Gasteiger partial charge in [0.15, 0.2) is 0 Å². The highest BCUT2D eigenvalue weighted by Gasteiger charge is 2.19. The van der Waals surface area contributed by atoms with Gasteiger partial charge in [-0.05, 0) is 24.6 Å². The molecule has 0 saturated carbocycles. The molecule has 0 radical (unpaired) electrons. The maximum Gasteiger partial charge on any atom is 0.346 e. The van der Waals surface area contributed by atoms with Crippen molar-refractivity contribution < 1.29 is 14.6 Å². The molecule has 146 valence electrons. The maximum absolute atomic E-state index is 12.9. The number of rotatable bonds is 5. The van der Waals surface area contributed by atoms with Crippen molar-refractivity contribution in [3.05, 3.63) is 91.3 Å². The molecule has 0 bridgehead atoms. The third-order valence-electron chi connectivity index (χ3n) is 4.50. The van der Waals surface area contributed by atoms with Gasteiger partial charge in [0, 0.05) is 11.4 Å². The summed E-state index contributed by atoms with van der Waals surface area (Å²) in [7, 11) is 0. The van der Waals surface area contributed by atoms with Crippen LogP contribution in [0.3, 0.4) is 0 Å². The molecule has 8 heteroatoms. The molecule has 1 unspecified atom stereocenters. The monoisotopic (exact) mass is 408 g/mol. The molecule has 0 aliphatic rings. The number of carbonyl (C=O) groups is 1. The molecule has 2 aromatic heterocycles. The zero-order valence-electron chi connectivity index (χ0n) is 15.3. The standard InChI is InChI=1S/C21H16N2O5S/c1-12(13-6-3-2-4-7-13)28-15-9-5-8-14(10-15)23-19(24)17-16(22-21(23)27)11-29-18(17)20(25)26/h2-12H,1H3,(H,22,27)(H,25,26). The molecule has 0 spiro atoms. The number of hydrogen-bond donors (Lipinski definition) is 2. The molecule has 0 aliphatic heterocycles. The van der Waals surface area contributed by atoms with Crippen LogP contribution in [-0.4, -0.2) is 20.6 Å². The number of H-pyrrole nitrogens is 1. The second kappa shape index (κ2) is 7.40. The summed E-state index contributed by atoms with van der Waals surface area (Å²) in [4.78, 5) is 39.3. The minimum absolute atomic E-state index is 0.0222. The number of fused-ring (bicyclic) bond motifs is 1. The Morgan fingerprint density at radius 2 is 1.90 bits per heavy atom. The van der Waals surface area contributed by atoms with Crippen molar-refractivity contribution >= 4 is 28.2 Å². The number of aromatic carboxylic acids is 1. The summed E-state index contributed by atoms with van der Waals surface area (Å²) < 4.78 is 6.88. The molecule has 2 N–H and O–H groups in total. The summed E-state index contributed by atoms with van der Waals surface area (Å²) in [6.45, 7) is 1.90. The van der Waals surface area contributed by atoms with Crippen molar-refractivity contribution in [1.82, 2.24) is 9.55 Å². The fraction of sp³-hybridized carbons (Fsp3) is 0.0952. The van der Waals surface area contributed by atoms with E-state index in [-0.39, 0.29) is 21.9 Å². The molecule has 2 heterocycles. The molecule has 0 aliphatic carbocycles. The Labute approximate surface area is 168 Å². The molecule has 1 atom stereocenters. The van der Waals surface area contributed by atoms with Gasteiger partial charge < -0.3 is 14.8 Å². The number of nitrogens with zero attached hydrogens (tertiary/aromatic N) is 1. The number of carboxylic acids is 1. The number of benzene rings is 2. The van der Waals surface area contributed by atoms with Crippen LogP contribution in [0.1, 0.15) is 28.3 Å². The molecular weight excluding hydrogens is 392 g/mol. The zero-order valence-corrected chi connectivity index (χ0v) is 16.1. The summed E-state index contributed by atoms with van der Waals surface area (Å²) in [5, 5.41) is 10.8. The first kappa shape index (κ1) is 18.7. The van der Waals surface area contributed by atoms with Crippen LogP contribution in [0.25, 0.3) is 16.6 Å². The van der Waals surface area contributed by atoms with Crippen LogP contribution < -0.4 is 16.0 Å². The van der Waals surface area contributed by atoms with Crippen molar-refractivity contribution in [3.63, 3.8) is 0 Å². The quantitative estimate of drug-likeness (QED) is 0.526. The lowest BCUT2D eigenvalue weighted by molar-refractivity contribution is 0.0704. The SMILES string of the molecule is CC(Oc1cccc(-n2c(=O)[nH]c3csc(C(=O)O)c3c2=O)c1)c1ccccc1. The predicted molar refractivity (Wildman–Crippen MR) is 110 cm³/mol. The van der Waals surface area contributed by atoms with Gasteiger partial charge in [-0.2, -0.15) is 0 Å². The molecule has 2 aromatic carbocycles. The number of aromatic nitrogens is 2. The van der Waals surface area contributed by atoms with Crippen LogP contribution in [-0.2, 0) is 0 Å². The van der Waals surface area contributed by atoms with Crippen LogP contribution in [0.4, 0.5) is 0 Å². The highest BCUT2D eigenvalue weighted by molar-refractivity contribution is 7.13. The van der Waals surface area contributed by atoms with Gasteiger partial charge in [0.2, 0.25) is 0 Å². The van der Waals surface area contributed by atoms with Crippen LogP contribution in [0.5, 0.6) is 5.75 Å². The summed E-state index contributed by atoms with van der Waals surface area (Å²) in [5.74, 6) is -0.733. The summed E-state index contributed by atoms with van der Waals surface area (Å²) in [6, 6.07) is 16.2. The number of carboxylic acid groups (broad SMARTS) is 1. The molecule has 7 nitrogen and oxygen atoms in total. The van der Waals surface area contributed by atoms with E-state index >= 15 is 0 Å². The number of hydrogen-bond acceptors (Lipinski definition) is 5. The molecule has 29 heavy (non-hydrogen) atoms. The van der Waals surface area contributed by atoms with E-state index in [0.717, 1.165) is 21.5 Å². The van der Waals surface area contributed by atoms with Gasteiger partial charge in [0.05, 0.1) is 16.6 Å². The first-order valence-electron chi connectivity index (χ1n) is 8.77. The summed E-state index contributed by atoms with van der Waals surface area (Å²) in [5.41, 5.74) is 0.155. The fourth-order valence-electron chi connectivity index (χ4n) is 3.12. The molecule has 4 rings (SSSR count). The van der Waals surface area contributed by atoms with E-state index in [1.807, 2.05) is 37.3 Å².